The van der Waals surface area contributed by atoms with Gasteiger partial charge in [-0.2, -0.15) is 0 Å². The van der Waals surface area contributed by atoms with Gasteiger partial charge in [0.05, 0.1) is 5.69 Å². The van der Waals surface area contributed by atoms with E-state index in [2.05, 4.69) is 39.4 Å². The molecular formula is C12H19N3S. The van der Waals surface area contributed by atoms with Crippen molar-refractivity contribution in [3.8, 4) is 0 Å². The summed E-state index contributed by atoms with van der Waals surface area (Å²) in [5.74, 6) is 0.708. The Hall–Kier alpha value is -0.870. The average Bonchev–Trinajstić information content (AvgIpc) is 2.78. The molecule has 2 aromatic heterocycles. The maximum Gasteiger partial charge on any atom is 0.193 e. The Morgan fingerprint density at radius 2 is 2.44 bits per heavy atom. The molecule has 0 amide bonds. The van der Waals surface area contributed by atoms with Gasteiger partial charge in [-0.1, -0.05) is 13.3 Å². The Bertz CT molecular complexity index is 398. The van der Waals surface area contributed by atoms with E-state index in [1.54, 1.807) is 11.3 Å². The van der Waals surface area contributed by atoms with Crippen LogP contribution in [-0.4, -0.2) is 23.0 Å². The molecule has 16 heavy (non-hydrogen) atoms. The van der Waals surface area contributed by atoms with Gasteiger partial charge in [0.25, 0.3) is 0 Å². The van der Waals surface area contributed by atoms with Gasteiger partial charge in [0.15, 0.2) is 4.96 Å². The molecule has 2 heterocycles. The summed E-state index contributed by atoms with van der Waals surface area (Å²) in [4.78, 5) is 5.74. The summed E-state index contributed by atoms with van der Waals surface area (Å²) in [7, 11) is 2.02. The number of hydrogen-bond acceptors (Lipinski definition) is 3. The highest BCUT2D eigenvalue weighted by Gasteiger charge is 2.10. The summed E-state index contributed by atoms with van der Waals surface area (Å²) in [5, 5.41) is 5.34. The molecule has 0 radical (unpaired) electrons. The topological polar surface area (TPSA) is 29.3 Å². The van der Waals surface area contributed by atoms with Crippen molar-refractivity contribution in [3.05, 3.63) is 23.5 Å². The SMILES string of the molecule is CCCC(CNC)Cc1cn2ccsc2n1. The van der Waals surface area contributed by atoms with E-state index in [0.717, 1.165) is 17.9 Å². The maximum absolute atomic E-state index is 4.63. The second kappa shape index (κ2) is 5.46. The molecule has 3 nitrogen and oxygen atoms in total. The second-order valence-electron chi connectivity index (χ2n) is 4.24. The van der Waals surface area contributed by atoms with E-state index in [0.29, 0.717) is 5.92 Å². The molecule has 2 aromatic rings. The van der Waals surface area contributed by atoms with Crippen molar-refractivity contribution in [1.82, 2.24) is 14.7 Å². The zero-order valence-corrected chi connectivity index (χ0v) is 10.8. The summed E-state index contributed by atoms with van der Waals surface area (Å²) < 4.78 is 2.11. The lowest BCUT2D eigenvalue weighted by Crippen LogP contribution is -2.20. The summed E-state index contributed by atoms with van der Waals surface area (Å²) in [6, 6.07) is 0. The van der Waals surface area contributed by atoms with Gasteiger partial charge >= 0.3 is 0 Å². The Labute approximate surface area is 101 Å². The summed E-state index contributed by atoms with van der Waals surface area (Å²) in [5.41, 5.74) is 1.22. The van der Waals surface area contributed by atoms with Crippen LogP contribution in [0.2, 0.25) is 0 Å². The fraction of sp³-hybridized carbons (Fsp3) is 0.583. The Morgan fingerprint density at radius 3 is 3.12 bits per heavy atom. The third-order valence-corrected chi connectivity index (χ3v) is 3.60. The first-order chi connectivity index (χ1) is 7.83. The second-order valence-corrected chi connectivity index (χ2v) is 5.11. The minimum absolute atomic E-state index is 0.708. The van der Waals surface area contributed by atoms with Crippen molar-refractivity contribution in [2.24, 2.45) is 5.92 Å². The number of thiazole rings is 1. The zero-order valence-electron chi connectivity index (χ0n) is 9.94. The predicted octanol–water partition coefficient (Wildman–Crippen LogP) is 2.57. The minimum Gasteiger partial charge on any atom is -0.319 e. The number of rotatable bonds is 6. The van der Waals surface area contributed by atoms with Gasteiger partial charge in [0.1, 0.15) is 0 Å². The van der Waals surface area contributed by atoms with E-state index in [-0.39, 0.29) is 0 Å². The molecule has 1 atom stereocenters. The lowest BCUT2D eigenvalue weighted by Gasteiger charge is -2.13. The molecule has 0 aromatic carbocycles. The zero-order chi connectivity index (χ0) is 11.4. The van der Waals surface area contributed by atoms with Gasteiger partial charge in [-0.3, -0.25) is 4.40 Å². The van der Waals surface area contributed by atoms with Crippen LogP contribution >= 0.6 is 11.3 Å². The third-order valence-electron chi connectivity index (χ3n) is 2.83. The number of nitrogens with one attached hydrogen (secondary N) is 1. The molecule has 1 N–H and O–H groups in total. The average molecular weight is 237 g/mol. The Kier molecular flexibility index (Phi) is 3.96. The first kappa shape index (κ1) is 11.6. The fourth-order valence-electron chi connectivity index (χ4n) is 2.14. The van der Waals surface area contributed by atoms with Gasteiger partial charge in [0.2, 0.25) is 0 Å². The monoisotopic (exact) mass is 237 g/mol. The number of aromatic nitrogens is 2. The van der Waals surface area contributed by atoms with Gasteiger partial charge in [0, 0.05) is 17.8 Å². The molecule has 0 spiro atoms. The number of fused-ring (bicyclic) bond motifs is 1. The maximum atomic E-state index is 4.63. The summed E-state index contributed by atoms with van der Waals surface area (Å²) >= 11 is 1.70. The molecule has 0 bridgehead atoms. The highest BCUT2D eigenvalue weighted by molar-refractivity contribution is 7.15. The van der Waals surface area contributed by atoms with Crippen LogP contribution in [0.15, 0.2) is 17.8 Å². The highest BCUT2D eigenvalue weighted by Crippen LogP contribution is 2.16. The molecule has 4 heteroatoms. The van der Waals surface area contributed by atoms with Crippen molar-refractivity contribution in [2.45, 2.75) is 26.2 Å². The number of nitrogens with zero attached hydrogens (tertiary/aromatic N) is 2. The van der Waals surface area contributed by atoms with Crippen molar-refractivity contribution in [2.75, 3.05) is 13.6 Å². The van der Waals surface area contributed by atoms with Crippen LogP contribution in [0.5, 0.6) is 0 Å². The van der Waals surface area contributed by atoms with Crippen molar-refractivity contribution >= 4 is 16.3 Å². The standard InChI is InChI=1S/C12H19N3S/c1-3-4-10(8-13-2)7-11-9-15-5-6-16-12(15)14-11/h5-6,9-10,13H,3-4,7-8H2,1-2H3. The number of imidazole rings is 1. The van der Waals surface area contributed by atoms with Crippen molar-refractivity contribution < 1.29 is 0 Å². The number of hydrogen-bond donors (Lipinski definition) is 1. The van der Waals surface area contributed by atoms with E-state index >= 15 is 0 Å². The first-order valence-corrected chi connectivity index (χ1v) is 6.77. The molecule has 0 aliphatic heterocycles. The normalized spacial score (nSPS) is 13.4. The van der Waals surface area contributed by atoms with Crippen LogP contribution in [0.1, 0.15) is 25.5 Å². The van der Waals surface area contributed by atoms with Gasteiger partial charge in [-0.05, 0) is 32.4 Å². The molecular weight excluding hydrogens is 218 g/mol. The Morgan fingerprint density at radius 1 is 1.56 bits per heavy atom. The molecule has 0 saturated heterocycles. The predicted molar refractivity (Wildman–Crippen MR) is 69.1 cm³/mol. The quantitative estimate of drug-likeness (QED) is 0.836. The Balaban J connectivity index is 2.03. The van der Waals surface area contributed by atoms with Crippen LogP contribution in [0.25, 0.3) is 4.96 Å². The van der Waals surface area contributed by atoms with Gasteiger partial charge in [-0.15, -0.1) is 11.3 Å². The van der Waals surface area contributed by atoms with Gasteiger partial charge < -0.3 is 5.32 Å². The molecule has 0 saturated carbocycles. The van der Waals surface area contributed by atoms with E-state index in [4.69, 9.17) is 0 Å². The van der Waals surface area contributed by atoms with E-state index in [9.17, 15) is 0 Å². The molecule has 2 rings (SSSR count). The molecule has 1 unspecified atom stereocenters. The van der Waals surface area contributed by atoms with Crippen LogP contribution in [-0.2, 0) is 6.42 Å². The fourth-order valence-corrected chi connectivity index (χ4v) is 2.86. The van der Waals surface area contributed by atoms with Crippen LogP contribution in [0.3, 0.4) is 0 Å². The van der Waals surface area contributed by atoms with Crippen LogP contribution < -0.4 is 5.32 Å². The largest absolute Gasteiger partial charge is 0.319 e. The lowest BCUT2D eigenvalue weighted by atomic mass is 9.98. The summed E-state index contributed by atoms with van der Waals surface area (Å²) in [6.07, 6.45) is 7.83. The van der Waals surface area contributed by atoms with E-state index < -0.39 is 0 Å². The molecule has 0 fully saturated rings. The first-order valence-electron chi connectivity index (χ1n) is 5.89. The van der Waals surface area contributed by atoms with E-state index in [1.807, 2.05) is 7.05 Å². The minimum atomic E-state index is 0.708. The smallest absolute Gasteiger partial charge is 0.193 e. The van der Waals surface area contributed by atoms with Crippen LogP contribution in [0.4, 0.5) is 0 Å². The van der Waals surface area contributed by atoms with E-state index in [1.165, 1.54) is 18.5 Å². The van der Waals surface area contributed by atoms with Crippen molar-refractivity contribution in [1.29, 1.82) is 0 Å². The molecule has 0 aliphatic rings. The van der Waals surface area contributed by atoms with Crippen LogP contribution in [0, 0.1) is 5.92 Å². The molecule has 88 valence electrons. The lowest BCUT2D eigenvalue weighted by molar-refractivity contribution is 0.452. The highest BCUT2D eigenvalue weighted by atomic mass is 32.1. The molecule has 0 aliphatic carbocycles. The van der Waals surface area contributed by atoms with Crippen molar-refractivity contribution in [3.63, 3.8) is 0 Å². The van der Waals surface area contributed by atoms with Gasteiger partial charge in [-0.25, -0.2) is 4.98 Å². The summed E-state index contributed by atoms with van der Waals surface area (Å²) in [6.45, 7) is 3.33. The third kappa shape index (κ3) is 2.62.